The molecule has 2 heterocycles. The molecule has 1 saturated carbocycles. The number of aliphatic carboxylic acids is 1. The van der Waals surface area contributed by atoms with Crippen LogP contribution in [0.25, 0.3) is 11.1 Å². The maximum Gasteiger partial charge on any atom is 0.337 e. The smallest absolute Gasteiger partial charge is 0.337 e. The van der Waals surface area contributed by atoms with E-state index in [0.717, 1.165) is 78.2 Å². The number of halogens is 1. The van der Waals surface area contributed by atoms with Gasteiger partial charge in [0, 0.05) is 30.8 Å². The molecule has 0 unspecified atom stereocenters. The van der Waals surface area contributed by atoms with Gasteiger partial charge in [0.2, 0.25) is 0 Å². The van der Waals surface area contributed by atoms with Gasteiger partial charge in [-0.05, 0) is 125 Å². The minimum Gasteiger partial charge on any atom is -0.490 e. The Balaban J connectivity index is 1.69. The van der Waals surface area contributed by atoms with Crippen LogP contribution in [0.4, 0.5) is 4.39 Å². The summed E-state index contributed by atoms with van der Waals surface area (Å²) in [5, 5.41) is 10.5. The summed E-state index contributed by atoms with van der Waals surface area (Å²) >= 11 is 0. The maximum absolute atomic E-state index is 15.6. The molecule has 5 rings (SSSR count). The third-order valence-electron chi connectivity index (χ3n) is 9.28. The minimum absolute atomic E-state index is 0.348. The van der Waals surface area contributed by atoms with Crippen LogP contribution < -0.4 is 4.74 Å². The average molecular weight is 552 g/mol. The molecule has 0 aromatic heterocycles. The fourth-order valence-electron chi connectivity index (χ4n) is 7.35. The van der Waals surface area contributed by atoms with E-state index >= 15 is 4.39 Å². The van der Waals surface area contributed by atoms with E-state index in [1.54, 1.807) is 6.07 Å². The molecule has 218 valence electrons. The Morgan fingerprint density at radius 2 is 1.77 bits per heavy atom. The molecule has 2 aliphatic heterocycles. The quantitative estimate of drug-likeness (QED) is 0.400. The lowest BCUT2D eigenvalue weighted by molar-refractivity contribution is -0.160. The van der Waals surface area contributed by atoms with Crippen LogP contribution in [0.1, 0.15) is 104 Å². The number of ether oxygens (including phenoxy) is 2. The summed E-state index contributed by atoms with van der Waals surface area (Å²) in [6.45, 7) is 15.3. The standard InChI is InChI=1S/C34H46FNO4/c1-20-25-13-10-16-39-31(25)28(35)17-26(20)29-22(3)27-19-36(18-23-11-8-7-9-12-23)15-14-24(27)21(2)30(29)32(33(37)38)40-34(4,5)6/h17,23,32H,7-16,18-19H2,1-6H3,(H,37,38)/t32-/m0/s1. The van der Waals surface area contributed by atoms with Crippen molar-refractivity contribution in [1.82, 2.24) is 4.90 Å². The van der Waals surface area contributed by atoms with Crippen LogP contribution in [-0.4, -0.2) is 41.3 Å². The molecule has 0 radical (unpaired) electrons. The van der Waals surface area contributed by atoms with Gasteiger partial charge in [0.25, 0.3) is 0 Å². The minimum atomic E-state index is -1.16. The Morgan fingerprint density at radius 1 is 1.05 bits per heavy atom. The van der Waals surface area contributed by atoms with Crippen LogP contribution in [0.2, 0.25) is 0 Å². The predicted molar refractivity (Wildman–Crippen MR) is 157 cm³/mol. The number of hydrogen-bond acceptors (Lipinski definition) is 4. The molecular formula is C34H46FNO4. The Labute approximate surface area is 239 Å². The molecule has 0 bridgehead atoms. The maximum atomic E-state index is 15.6. The number of carboxylic acids is 1. The van der Waals surface area contributed by atoms with Gasteiger partial charge in [-0.1, -0.05) is 19.3 Å². The van der Waals surface area contributed by atoms with Crippen molar-refractivity contribution in [3.05, 3.63) is 50.8 Å². The fraction of sp³-hybridized carbons (Fsp3) is 0.618. The zero-order valence-electron chi connectivity index (χ0n) is 25.2. The highest BCUT2D eigenvalue weighted by Crippen LogP contribution is 2.46. The third kappa shape index (κ3) is 5.67. The van der Waals surface area contributed by atoms with Crippen molar-refractivity contribution in [3.63, 3.8) is 0 Å². The normalized spacial score (nSPS) is 19.1. The third-order valence-corrected chi connectivity index (χ3v) is 9.28. The number of benzene rings is 2. The van der Waals surface area contributed by atoms with Gasteiger partial charge in [-0.2, -0.15) is 0 Å². The Bertz CT molecular complexity index is 1290. The highest BCUT2D eigenvalue weighted by Gasteiger charge is 2.36. The molecule has 5 nitrogen and oxygen atoms in total. The van der Waals surface area contributed by atoms with Crippen molar-refractivity contribution in [2.24, 2.45) is 5.92 Å². The van der Waals surface area contributed by atoms with Gasteiger partial charge in [0.15, 0.2) is 17.7 Å². The molecule has 0 spiro atoms. The molecule has 1 fully saturated rings. The predicted octanol–water partition coefficient (Wildman–Crippen LogP) is 7.62. The van der Waals surface area contributed by atoms with Crippen LogP contribution in [-0.2, 0) is 28.9 Å². The number of fused-ring (bicyclic) bond motifs is 2. The van der Waals surface area contributed by atoms with Gasteiger partial charge in [-0.15, -0.1) is 0 Å². The van der Waals surface area contributed by atoms with Gasteiger partial charge in [-0.3, -0.25) is 4.90 Å². The number of carboxylic acid groups (broad SMARTS) is 1. The summed E-state index contributed by atoms with van der Waals surface area (Å²) in [7, 11) is 0. The van der Waals surface area contributed by atoms with Crippen molar-refractivity contribution in [3.8, 4) is 16.9 Å². The highest BCUT2D eigenvalue weighted by molar-refractivity contribution is 5.85. The zero-order chi connectivity index (χ0) is 28.8. The van der Waals surface area contributed by atoms with Crippen LogP contribution in [0.5, 0.6) is 5.75 Å². The molecule has 6 heteroatoms. The molecular weight excluding hydrogens is 505 g/mol. The largest absolute Gasteiger partial charge is 0.490 e. The first-order valence-corrected chi connectivity index (χ1v) is 15.2. The van der Waals surface area contributed by atoms with E-state index in [0.29, 0.717) is 17.9 Å². The molecule has 3 aliphatic rings. The summed E-state index contributed by atoms with van der Waals surface area (Å²) < 4.78 is 27.6. The number of hydrogen-bond donors (Lipinski definition) is 1. The SMILES string of the molecule is Cc1c(-c2c(C)c3c(c(C)c2[C@H](OC(C)(C)C)C(=O)O)CCN(CC2CCCCC2)C3)cc(F)c2c1CCCO2. The van der Waals surface area contributed by atoms with E-state index in [-0.39, 0.29) is 5.82 Å². The Morgan fingerprint density at radius 3 is 2.45 bits per heavy atom. The van der Waals surface area contributed by atoms with Gasteiger partial charge in [0.1, 0.15) is 0 Å². The monoisotopic (exact) mass is 551 g/mol. The summed E-state index contributed by atoms with van der Waals surface area (Å²) in [6.07, 6.45) is 7.96. The molecule has 1 N–H and O–H groups in total. The van der Waals surface area contributed by atoms with E-state index < -0.39 is 17.7 Å². The zero-order valence-corrected chi connectivity index (χ0v) is 25.2. The summed E-state index contributed by atoms with van der Waals surface area (Å²) in [5.74, 6) is -0.295. The second-order valence-corrected chi connectivity index (χ2v) is 13.2. The molecule has 40 heavy (non-hydrogen) atoms. The number of carbonyl (C=O) groups is 1. The van der Waals surface area contributed by atoms with E-state index in [2.05, 4.69) is 11.8 Å². The highest BCUT2D eigenvalue weighted by atomic mass is 19.1. The van der Waals surface area contributed by atoms with E-state index in [4.69, 9.17) is 9.47 Å². The Hall–Kier alpha value is -2.44. The molecule has 0 amide bonds. The summed E-state index contributed by atoms with van der Waals surface area (Å²) in [5.41, 5.74) is 7.96. The van der Waals surface area contributed by atoms with Gasteiger partial charge >= 0.3 is 5.97 Å². The summed E-state index contributed by atoms with van der Waals surface area (Å²) in [4.78, 5) is 15.4. The molecule has 0 saturated heterocycles. The molecule has 2 aromatic rings. The number of rotatable bonds is 6. The van der Waals surface area contributed by atoms with E-state index in [1.807, 2.05) is 34.6 Å². The van der Waals surface area contributed by atoms with Crippen LogP contribution in [0, 0.1) is 32.5 Å². The first-order chi connectivity index (χ1) is 19.0. The van der Waals surface area contributed by atoms with E-state index in [1.165, 1.54) is 43.2 Å². The van der Waals surface area contributed by atoms with Crippen molar-refractivity contribution < 1.29 is 23.8 Å². The van der Waals surface area contributed by atoms with Crippen LogP contribution in [0.15, 0.2) is 6.07 Å². The summed E-state index contributed by atoms with van der Waals surface area (Å²) in [6, 6.07) is 1.57. The Kier molecular flexibility index (Phi) is 8.32. The molecule has 1 aliphatic carbocycles. The average Bonchev–Trinajstić information content (AvgIpc) is 2.91. The number of nitrogens with zero attached hydrogens (tertiary/aromatic N) is 1. The van der Waals surface area contributed by atoms with E-state index in [9.17, 15) is 9.90 Å². The van der Waals surface area contributed by atoms with Gasteiger partial charge in [-0.25, -0.2) is 9.18 Å². The van der Waals surface area contributed by atoms with Gasteiger partial charge in [0.05, 0.1) is 12.2 Å². The topological polar surface area (TPSA) is 59.0 Å². The van der Waals surface area contributed by atoms with Crippen molar-refractivity contribution >= 4 is 5.97 Å². The second-order valence-electron chi connectivity index (χ2n) is 13.2. The fourth-order valence-corrected chi connectivity index (χ4v) is 7.35. The molecule has 1 atom stereocenters. The van der Waals surface area contributed by atoms with Crippen molar-refractivity contribution in [2.75, 3.05) is 19.7 Å². The van der Waals surface area contributed by atoms with Crippen LogP contribution in [0.3, 0.4) is 0 Å². The molecule has 2 aromatic carbocycles. The lowest BCUT2D eigenvalue weighted by Gasteiger charge is -2.37. The van der Waals surface area contributed by atoms with Crippen LogP contribution >= 0.6 is 0 Å². The first kappa shape index (κ1) is 29.1. The van der Waals surface area contributed by atoms with Crippen molar-refractivity contribution in [1.29, 1.82) is 0 Å². The van der Waals surface area contributed by atoms with Gasteiger partial charge < -0.3 is 14.6 Å². The second kappa shape index (κ2) is 11.4. The lowest BCUT2D eigenvalue weighted by Crippen LogP contribution is -2.36. The lowest BCUT2D eigenvalue weighted by atomic mass is 9.78. The first-order valence-electron chi connectivity index (χ1n) is 15.2. The van der Waals surface area contributed by atoms with Crippen molar-refractivity contribution in [2.45, 2.75) is 111 Å².